The Morgan fingerprint density at radius 1 is 0.905 bits per heavy atom. The Kier molecular flexibility index (Phi) is 4.70. The molecule has 0 radical (unpaired) electrons. The van der Waals surface area contributed by atoms with E-state index in [0.717, 1.165) is 11.1 Å². The molecule has 0 fully saturated rings. The minimum atomic E-state index is -4.68. The average molecular weight is 297 g/mol. The molecule has 0 saturated heterocycles. The van der Waals surface area contributed by atoms with Crippen molar-refractivity contribution in [3.05, 3.63) is 59.7 Å². The van der Waals surface area contributed by atoms with Crippen molar-refractivity contribution in [1.82, 2.24) is 0 Å². The number of nitrogens with one attached hydrogen (secondary N) is 1. The number of anilines is 1. The van der Waals surface area contributed by atoms with E-state index >= 15 is 0 Å². The molecule has 2 rings (SSSR count). The van der Waals surface area contributed by atoms with Gasteiger partial charge >= 0.3 is 6.36 Å². The number of hydrogen-bond donors (Lipinski definition) is 2. The number of ether oxygens (including phenoxy) is 1. The van der Waals surface area contributed by atoms with E-state index in [1.165, 1.54) is 24.3 Å². The molecular weight excluding hydrogens is 283 g/mol. The largest absolute Gasteiger partial charge is 0.573 e. The van der Waals surface area contributed by atoms with Crippen LogP contribution in [0.4, 0.5) is 18.9 Å². The Hall–Kier alpha value is -2.21. The van der Waals surface area contributed by atoms with Crippen LogP contribution < -0.4 is 10.1 Å². The van der Waals surface area contributed by atoms with Crippen LogP contribution >= 0.6 is 0 Å². The minimum absolute atomic E-state index is 0.00558. The molecule has 2 N–H and O–H groups in total. The summed E-state index contributed by atoms with van der Waals surface area (Å²) >= 11 is 0. The summed E-state index contributed by atoms with van der Waals surface area (Å²) in [6.45, 7) is 0.527. The number of halogens is 3. The van der Waals surface area contributed by atoms with Gasteiger partial charge in [-0.05, 0) is 35.4 Å². The fraction of sp³-hybridized carbons (Fsp3) is 0.200. The maximum atomic E-state index is 12.0. The summed E-state index contributed by atoms with van der Waals surface area (Å²) in [5, 5.41) is 12.0. The third-order valence-electron chi connectivity index (χ3n) is 2.79. The second-order valence-corrected chi connectivity index (χ2v) is 4.40. The van der Waals surface area contributed by atoms with E-state index in [4.69, 9.17) is 5.11 Å². The zero-order chi connectivity index (χ0) is 15.3. The van der Waals surface area contributed by atoms with Gasteiger partial charge < -0.3 is 15.2 Å². The molecule has 0 aromatic heterocycles. The first-order valence-corrected chi connectivity index (χ1v) is 6.24. The molecule has 0 saturated carbocycles. The molecule has 0 amide bonds. The van der Waals surface area contributed by atoms with Gasteiger partial charge in [0.1, 0.15) is 5.75 Å². The lowest BCUT2D eigenvalue weighted by atomic mass is 10.1. The second-order valence-electron chi connectivity index (χ2n) is 4.40. The predicted octanol–water partition coefficient (Wildman–Crippen LogP) is 3.69. The summed E-state index contributed by atoms with van der Waals surface area (Å²) in [7, 11) is 0. The number of benzene rings is 2. The summed E-state index contributed by atoms with van der Waals surface area (Å²) in [6.07, 6.45) is -4.68. The van der Waals surface area contributed by atoms with Crippen LogP contribution in [0.15, 0.2) is 48.5 Å². The van der Waals surface area contributed by atoms with Crippen LogP contribution in [0.2, 0.25) is 0 Å². The monoisotopic (exact) mass is 297 g/mol. The molecule has 0 bridgehead atoms. The molecule has 0 aliphatic heterocycles. The van der Waals surface area contributed by atoms with Crippen LogP contribution in [-0.2, 0) is 13.2 Å². The Morgan fingerprint density at radius 3 is 2.00 bits per heavy atom. The molecule has 0 heterocycles. The number of aliphatic hydroxyl groups excluding tert-OH is 1. The summed E-state index contributed by atoms with van der Waals surface area (Å²) in [5.74, 6) is -0.250. The van der Waals surface area contributed by atoms with Crippen molar-refractivity contribution < 1.29 is 23.0 Å². The fourth-order valence-electron chi connectivity index (χ4n) is 1.74. The second kappa shape index (κ2) is 6.49. The molecule has 2 aromatic carbocycles. The first kappa shape index (κ1) is 15.2. The summed E-state index contributed by atoms with van der Waals surface area (Å²) < 4.78 is 39.8. The lowest BCUT2D eigenvalue weighted by Gasteiger charge is -2.10. The van der Waals surface area contributed by atoms with E-state index in [1.54, 1.807) is 0 Å². The first-order chi connectivity index (χ1) is 9.96. The third-order valence-corrected chi connectivity index (χ3v) is 2.79. The summed E-state index contributed by atoms with van der Waals surface area (Å²) in [4.78, 5) is 0. The zero-order valence-corrected chi connectivity index (χ0v) is 11.0. The lowest BCUT2D eigenvalue weighted by Crippen LogP contribution is -2.17. The normalized spacial score (nSPS) is 11.2. The van der Waals surface area contributed by atoms with Crippen molar-refractivity contribution in [2.45, 2.75) is 19.5 Å². The van der Waals surface area contributed by atoms with E-state index in [0.29, 0.717) is 12.2 Å². The Bertz CT molecular complexity index is 565. The van der Waals surface area contributed by atoms with Crippen molar-refractivity contribution in [1.29, 1.82) is 0 Å². The molecule has 21 heavy (non-hydrogen) atoms. The molecule has 0 atom stereocenters. The SMILES string of the molecule is OCc1ccc(CNc2ccc(OC(F)(F)F)cc2)cc1. The van der Waals surface area contributed by atoms with Crippen LogP contribution in [0.3, 0.4) is 0 Å². The molecular formula is C15H14F3NO2. The predicted molar refractivity (Wildman–Crippen MR) is 72.8 cm³/mol. The van der Waals surface area contributed by atoms with Gasteiger partial charge in [-0.1, -0.05) is 24.3 Å². The maximum absolute atomic E-state index is 12.0. The molecule has 3 nitrogen and oxygen atoms in total. The topological polar surface area (TPSA) is 41.5 Å². The highest BCUT2D eigenvalue weighted by Crippen LogP contribution is 2.24. The lowest BCUT2D eigenvalue weighted by molar-refractivity contribution is -0.274. The zero-order valence-electron chi connectivity index (χ0n) is 11.0. The summed E-state index contributed by atoms with van der Waals surface area (Å²) in [5.41, 5.74) is 2.52. The van der Waals surface area contributed by atoms with Gasteiger partial charge in [0.25, 0.3) is 0 Å². The van der Waals surface area contributed by atoms with Gasteiger partial charge in [-0.15, -0.1) is 13.2 Å². The number of rotatable bonds is 5. The highest BCUT2D eigenvalue weighted by atomic mass is 19.4. The van der Waals surface area contributed by atoms with Gasteiger partial charge in [0.15, 0.2) is 0 Å². The van der Waals surface area contributed by atoms with E-state index in [9.17, 15) is 13.2 Å². The van der Waals surface area contributed by atoms with Gasteiger partial charge in [0.2, 0.25) is 0 Å². The van der Waals surface area contributed by atoms with Gasteiger partial charge in [-0.25, -0.2) is 0 Å². The van der Waals surface area contributed by atoms with E-state index in [2.05, 4.69) is 10.1 Å². The van der Waals surface area contributed by atoms with Gasteiger partial charge in [0, 0.05) is 12.2 Å². The standard InChI is InChI=1S/C15H14F3NO2/c16-15(17,18)21-14-7-5-13(6-8-14)19-9-11-1-3-12(10-20)4-2-11/h1-8,19-20H,9-10H2. The fourth-order valence-corrected chi connectivity index (χ4v) is 1.74. The molecule has 6 heteroatoms. The number of aliphatic hydroxyl groups is 1. The van der Waals surface area contributed by atoms with Crippen molar-refractivity contribution in [3.8, 4) is 5.75 Å². The Labute approximate surface area is 120 Å². The Morgan fingerprint density at radius 2 is 1.48 bits per heavy atom. The third kappa shape index (κ3) is 5.00. The van der Waals surface area contributed by atoms with Crippen LogP contribution in [-0.4, -0.2) is 11.5 Å². The van der Waals surface area contributed by atoms with Gasteiger partial charge in [-0.3, -0.25) is 0 Å². The quantitative estimate of drug-likeness (QED) is 0.884. The molecule has 0 aliphatic carbocycles. The Balaban J connectivity index is 1.91. The molecule has 0 unspecified atom stereocenters. The molecule has 112 valence electrons. The highest BCUT2D eigenvalue weighted by Gasteiger charge is 2.30. The smallest absolute Gasteiger partial charge is 0.406 e. The van der Waals surface area contributed by atoms with Gasteiger partial charge in [-0.2, -0.15) is 0 Å². The van der Waals surface area contributed by atoms with Crippen LogP contribution in [0, 0.1) is 0 Å². The van der Waals surface area contributed by atoms with Crippen LogP contribution in [0.5, 0.6) is 5.75 Å². The first-order valence-electron chi connectivity index (χ1n) is 6.24. The van der Waals surface area contributed by atoms with Crippen molar-refractivity contribution in [2.75, 3.05) is 5.32 Å². The minimum Gasteiger partial charge on any atom is -0.406 e. The number of hydrogen-bond acceptors (Lipinski definition) is 3. The number of alkyl halides is 3. The molecule has 0 aliphatic rings. The molecule has 2 aromatic rings. The van der Waals surface area contributed by atoms with Crippen LogP contribution in [0.1, 0.15) is 11.1 Å². The van der Waals surface area contributed by atoms with E-state index < -0.39 is 6.36 Å². The maximum Gasteiger partial charge on any atom is 0.573 e. The van der Waals surface area contributed by atoms with E-state index in [1.807, 2.05) is 24.3 Å². The average Bonchev–Trinajstić information content (AvgIpc) is 2.45. The van der Waals surface area contributed by atoms with Gasteiger partial charge in [0.05, 0.1) is 6.61 Å². The van der Waals surface area contributed by atoms with Crippen molar-refractivity contribution in [3.63, 3.8) is 0 Å². The van der Waals surface area contributed by atoms with Crippen molar-refractivity contribution in [2.24, 2.45) is 0 Å². The van der Waals surface area contributed by atoms with Crippen molar-refractivity contribution >= 4 is 5.69 Å². The molecule has 0 spiro atoms. The van der Waals surface area contributed by atoms with E-state index in [-0.39, 0.29) is 12.4 Å². The highest BCUT2D eigenvalue weighted by molar-refractivity contribution is 5.46. The van der Waals surface area contributed by atoms with Crippen LogP contribution in [0.25, 0.3) is 0 Å². The summed E-state index contributed by atoms with van der Waals surface area (Å²) in [6, 6.07) is 12.9.